The van der Waals surface area contributed by atoms with Crippen molar-refractivity contribution in [3.8, 4) is 0 Å². The molecule has 0 amide bonds. The zero-order chi connectivity index (χ0) is 14.9. The van der Waals surface area contributed by atoms with Crippen molar-refractivity contribution in [2.45, 2.75) is 51.8 Å². The van der Waals surface area contributed by atoms with Crippen LogP contribution in [-0.4, -0.2) is 37.7 Å². The molecule has 3 nitrogen and oxygen atoms in total. The summed E-state index contributed by atoms with van der Waals surface area (Å²) in [5, 5.41) is 3.62. The minimum atomic E-state index is 0.677. The lowest BCUT2D eigenvalue weighted by Gasteiger charge is -2.26. The Hall–Kier alpha value is -0.900. The average Bonchev–Trinajstić information content (AvgIpc) is 3.00. The third kappa shape index (κ3) is 5.42. The van der Waals surface area contributed by atoms with E-state index in [9.17, 15) is 0 Å². The van der Waals surface area contributed by atoms with Crippen LogP contribution in [0.3, 0.4) is 0 Å². The van der Waals surface area contributed by atoms with Gasteiger partial charge in [0.2, 0.25) is 0 Å². The van der Waals surface area contributed by atoms with Crippen molar-refractivity contribution < 1.29 is 4.74 Å². The number of ether oxygens (including phenoxy) is 1. The number of unbranched alkanes of at least 4 members (excludes halogenated alkanes) is 1. The maximum Gasteiger partial charge on any atom is 0.0716 e. The Bertz CT molecular complexity index is 402. The molecule has 1 atom stereocenters. The Kier molecular flexibility index (Phi) is 7.20. The molecule has 1 heterocycles. The normalized spacial score (nSPS) is 18.5. The van der Waals surface area contributed by atoms with Crippen LogP contribution in [-0.2, 0) is 17.9 Å². The Morgan fingerprint density at radius 1 is 1.29 bits per heavy atom. The summed E-state index contributed by atoms with van der Waals surface area (Å²) in [4.78, 5) is 2.61. The van der Waals surface area contributed by atoms with Gasteiger partial charge in [0.25, 0.3) is 0 Å². The minimum Gasteiger partial charge on any atom is -0.380 e. The summed E-state index contributed by atoms with van der Waals surface area (Å²) in [5.74, 6) is 0. The predicted molar refractivity (Wildman–Crippen MR) is 88.4 cm³/mol. The van der Waals surface area contributed by atoms with Crippen molar-refractivity contribution in [2.75, 3.05) is 26.7 Å². The number of hydrogen-bond donors (Lipinski definition) is 1. The highest BCUT2D eigenvalue weighted by Crippen LogP contribution is 2.15. The number of methoxy groups -OCH3 is 1. The fourth-order valence-corrected chi connectivity index (χ4v) is 3.09. The van der Waals surface area contributed by atoms with Crippen molar-refractivity contribution >= 4 is 0 Å². The van der Waals surface area contributed by atoms with Crippen molar-refractivity contribution in [1.29, 1.82) is 0 Å². The first-order valence-electron chi connectivity index (χ1n) is 8.35. The molecule has 1 aliphatic rings. The van der Waals surface area contributed by atoms with Crippen LogP contribution in [0, 0.1) is 0 Å². The molecule has 0 saturated carbocycles. The van der Waals surface area contributed by atoms with Crippen molar-refractivity contribution in [1.82, 2.24) is 10.2 Å². The third-order valence-electron chi connectivity index (χ3n) is 4.28. The summed E-state index contributed by atoms with van der Waals surface area (Å²) in [6.45, 7) is 7.56. The molecule has 1 aromatic carbocycles. The molecule has 1 aromatic rings. The van der Waals surface area contributed by atoms with Crippen LogP contribution in [0.1, 0.15) is 43.7 Å². The second kappa shape index (κ2) is 9.19. The zero-order valence-electron chi connectivity index (χ0n) is 13.6. The molecule has 1 fully saturated rings. The maximum absolute atomic E-state index is 5.33. The quantitative estimate of drug-likeness (QED) is 0.756. The van der Waals surface area contributed by atoms with E-state index in [1.165, 1.54) is 56.4 Å². The Labute approximate surface area is 129 Å². The largest absolute Gasteiger partial charge is 0.380 e. The van der Waals surface area contributed by atoms with Gasteiger partial charge in [-0.3, -0.25) is 4.90 Å². The number of hydrogen-bond acceptors (Lipinski definition) is 3. The summed E-state index contributed by atoms with van der Waals surface area (Å²) < 4.78 is 5.33. The smallest absolute Gasteiger partial charge is 0.0716 e. The van der Waals surface area contributed by atoms with Crippen molar-refractivity contribution in [3.63, 3.8) is 0 Å². The SMILES string of the molecule is CCCCN(Cc1ccccc1COC)CC1CCCN1. The van der Waals surface area contributed by atoms with Crippen LogP contribution in [0.2, 0.25) is 0 Å². The van der Waals surface area contributed by atoms with Gasteiger partial charge >= 0.3 is 0 Å². The Morgan fingerprint density at radius 2 is 2.10 bits per heavy atom. The van der Waals surface area contributed by atoms with Crippen LogP contribution in [0.15, 0.2) is 24.3 Å². The first kappa shape index (κ1) is 16.5. The van der Waals surface area contributed by atoms with Gasteiger partial charge < -0.3 is 10.1 Å². The number of benzene rings is 1. The van der Waals surface area contributed by atoms with E-state index in [-0.39, 0.29) is 0 Å². The second-order valence-corrected chi connectivity index (χ2v) is 6.08. The molecule has 2 rings (SSSR count). The molecule has 21 heavy (non-hydrogen) atoms. The number of nitrogens with one attached hydrogen (secondary N) is 1. The Morgan fingerprint density at radius 3 is 2.76 bits per heavy atom. The molecule has 0 aromatic heterocycles. The molecule has 1 saturated heterocycles. The van der Waals surface area contributed by atoms with E-state index in [2.05, 4.69) is 41.4 Å². The highest BCUT2D eigenvalue weighted by Gasteiger charge is 2.18. The third-order valence-corrected chi connectivity index (χ3v) is 4.28. The van der Waals surface area contributed by atoms with Gasteiger partial charge in [-0.25, -0.2) is 0 Å². The summed E-state index contributed by atoms with van der Waals surface area (Å²) in [7, 11) is 1.77. The highest BCUT2D eigenvalue weighted by molar-refractivity contribution is 5.26. The van der Waals surface area contributed by atoms with Crippen molar-refractivity contribution in [2.24, 2.45) is 0 Å². The van der Waals surface area contributed by atoms with Crippen LogP contribution in [0.5, 0.6) is 0 Å². The fraction of sp³-hybridized carbons (Fsp3) is 0.667. The lowest BCUT2D eigenvalue weighted by atomic mass is 10.1. The van der Waals surface area contributed by atoms with E-state index in [4.69, 9.17) is 4.74 Å². The summed E-state index contributed by atoms with van der Waals surface area (Å²) in [5.41, 5.74) is 2.73. The van der Waals surface area contributed by atoms with Crippen LogP contribution in [0.4, 0.5) is 0 Å². The first-order chi connectivity index (χ1) is 10.3. The van der Waals surface area contributed by atoms with Gasteiger partial charge in [0, 0.05) is 26.2 Å². The van der Waals surface area contributed by atoms with Crippen LogP contribution >= 0.6 is 0 Å². The molecule has 0 radical (unpaired) electrons. The maximum atomic E-state index is 5.33. The van der Waals surface area contributed by atoms with E-state index in [0.29, 0.717) is 12.6 Å². The minimum absolute atomic E-state index is 0.677. The average molecular weight is 290 g/mol. The molecular weight excluding hydrogens is 260 g/mol. The van der Waals surface area contributed by atoms with Gasteiger partial charge in [-0.1, -0.05) is 37.6 Å². The van der Waals surface area contributed by atoms with E-state index in [0.717, 1.165) is 6.54 Å². The van der Waals surface area contributed by atoms with Gasteiger partial charge in [0.15, 0.2) is 0 Å². The Balaban J connectivity index is 1.99. The summed E-state index contributed by atoms with van der Waals surface area (Å²) in [6.07, 6.45) is 5.18. The lowest BCUT2D eigenvalue weighted by Crippen LogP contribution is -2.37. The number of rotatable bonds is 9. The van der Waals surface area contributed by atoms with Crippen LogP contribution in [0.25, 0.3) is 0 Å². The molecule has 0 spiro atoms. The molecule has 0 aliphatic carbocycles. The van der Waals surface area contributed by atoms with Crippen LogP contribution < -0.4 is 5.32 Å². The van der Waals surface area contributed by atoms with E-state index < -0.39 is 0 Å². The van der Waals surface area contributed by atoms with Crippen molar-refractivity contribution in [3.05, 3.63) is 35.4 Å². The molecule has 1 N–H and O–H groups in total. The standard InChI is InChI=1S/C18H30N2O/c1-3-4-12-20(14-18-10-7-11-19-18)13-16-8-5-6-9-17(16)15-21-2/h5-6,8-9,18-19H,3-4,7,10-15H2,1-2H3. The first-order valence-corrected chi connectivity index (χ1v) is 8.35. The highest BCUT2D eigenvalue weighted by atomic mass is 16.5. The lowest BCUT2D eigenvalue weighted by molar-refractivity contribution is 0.181. The molecule has 1 aliphatic heterocycles. The summed E-state index contributed by atoms with van der Waals surface area (Å²) in [6, 6.07) is 9.35. The molecule has 3 heteroatoms. The zero-order valence-corrected chi connectivity index (χ0v) is 13.6. The van der Waals surface area contributed by atoms with Gasteiger partial charge in [-0.05, 0) is 43.5 Å². The predicted octanol–water partition coefficient (Wildman–Crippen LogP) is 3.19. The van der Waals surface area contributed by atoms with Gasteiger partial charge in [-0.15, -0.1) is 0 Å². The van der Waals surface area contributed by atoms with E-state index >= 15 is 0 Å². The molecular formula is C18H30N2O. The van der Waals surface area contributed by atoms with E-state index in [1.54, 1.807) is 7.11 Å². The fourth-order valence-electron chi connectivity index (χ4n) is 3.09. The number of nitrogens with zero attached hydrogens (tertiary/aromatic N) is 1. The monoisotopic (exact) mass is 290 g/mol. The topological polar surface area (TPSA) is 24.5 Å². The van der Waals surface area contributed by atoms with E-state index in [1.807, 2.05) is 0 Å². The van der Waals surface area contributed by atoms with Gasteiger partial charge in [-0.2, -0.15) is 0 Å². The second-order valence-electron chi connectivity index (χ2n) is 6.08. The molecule has 0 bridgehead atoms. The molecule has 1 unspecified atom stereocenters. The summed E-state index contributed by atoms with van der Waals surface area (Å²) >= 11 is 0. The molecule has 118 valence electrons. The van der Waals surface area contributed by atoms with Gasteiger partial charge in [0.1, 0.15) is 0 Å². The van der Waals surface area contributed by atoms with Gasteiger partial charge in [0.05, 0.1) is 6.61 Å².